The first kappa shape index (κ1) is 11.7. The van der Waals surface area contributed by atoms with Gasteiger partial charge in [0.15, 0.2) is 0 Å². The molecule has 2 aromatic rings. The van der Waals surface area contributed by atoms with Crippen LogP contribution in [0.25, 0.3) is 0 Å². The maximum Gasteiger partial charge on any atom is 0.106 e. The fourth-order valence-electron chi connectivity index (χ4n) is 1.34. The van der Waals surface area contributed by atoms with Gasteiger partial charge < -0.3 is 5.32 Å². The third-order valence-electron chi connectivity index (χ3n) is 2.08. The van der Waals surface area contributed by atoms with Gasteiger partial charge in [-0.15, -0.1) is 11.3 Å². The number of hydrogen-bond donors (Lipinski definition) is 1. The van der Waals surface area contributed by atoms with Crippen molar-refractivity contribution >= 4 is 27.3 Å². The molecule has 0 saturated carbocycles. The van der Waals surface area contributed by atoms with E-state index in [1.807, 2.05) is 29.8 Å². The smallest absolute Gasteiger partial charge is 0.106 e. The molecule has 0 aromatic carbocycles. The molecule has 0 saturated heterocycles. The largest absolute Gasteiger partial charge is 0.311 e. The second-order valence-corrected chi connectivity index (χ2v) is 5.10. The second-order valence-electron chi connectivity index (χ2n) is 3.30. The molecule has 0 aliphatic rings. The monoisotopic (exact) mass is 297 g/mol. The molecule has 0 fully saturated rings. The maximum atomic E-state index is 4.35. The zero-order chi connectivity index (χ0) is 11.2. The Balaban J connectivity index is 1.72. The Hall–Kier alpha value is -0.780. The van der Waals surface area contributed by atoms with Crippen LogP contribution in [0.5, 0.6) is 0 Å². The summed E-state index contributed by atoms with van der Waals surface area (Å²) >= 11 is 5.05. The van der Waals surface area contributed by atoms with Crippen LogP contribution < -0.4 is 5.32 Å². The van der Waals surface area contributed by atoms with E-state index < -0.39 is 0 Å². The third-order valence-corrected chi connectivity index (χ3v) is 3.36. The summed E-state index contributed by atoms with van der Waals surface area (Å²) in [6, 6.07) is 5.94. The molecular formula is C11H12BrN3S. The van der Waals surface area contributed by atoms with Crippen LogP contribution in [0.4, 0.5) is 0 Å². The molecule has 0 radical (unpaired) electrons. The highest BCUT2D eigenvalue weighted by Crippen LogP contribution is 2.06. The molecule has 3 nitrogen and oxygen atoms in total. The van der Waals surface area contributed by atoms with E-state index in [1.54, 1.807) is 11.3 Å². The Labute approximate surface area is 107 Å². The van der Waals surface area contributed by atoms with E-state index in [1.165, 1.54) is 5.01 Å². The zero-order valence-corrected chi connectivity index (χ0v) is 11.1. The van der Waals surface area contributed by atoms with Gasteiger partial charge in [-0.3, -0.25) is 0 Å². The molecule has 0 spiro atoms. The van der Waals surface area contributed by atoms with Crippen molar-refractivity contribution in [2.45, 2.75) is 13.0 Å². The lowest BCUT2D eigenvalue weighted by molar-refractivity contribution is 0.672. The van der Waals surface area contributed by atoms with Crippen molar-refractivity contribution < 1.29 is 0 Å². The van der Waals surface area contributed by atoms with Crippen LogP contribution in [0, 0.1) is 0 Å². The zero-order valence-electron chi connectivity index (χ0n) is 8.69. The number of halogens is 1. The van der Waals surface area contributed by atoms with Crippen molar-refractivity contribution in [2.75, 3.05) is 6.54 Å². The van der Waals surface area contributed by atoms with E-state index in [-0.39, 0.29) is 0 Å². The van der Waals surface area contributed by atoms with Crippen LogP contribution in [0.1, 0.15) is 10.7 Å². The first-order valence-corrected chi connectivity index (χ1v) is 6.72. The summed E-state index contributed by atoms with van der Waals surface area (Å²) in [6.45, 7) is 1.73. The molecule has 2 aromatic heterocycles. The van der Waals surface area contributed by atoms with Crippen molar-refractivity contribution in [3.8, 4) is 0 Å². The van der Waals surface area contributed by atoms with Gasteiger partial charge in [0.1, 0.15) is 4.60 Å². The summed E-state index contributed by atoms with van der Waals surface area (Å²) in [7, 11) is 0. The number of hydrogen-bond acceptors (Lipinski definition) is 4. The molecule has 2 rings (SSSR count). The normalized spacial score (nSPS) is 10.6. The summed E-state index contributed by atoms with van der Waals surface area (Å²) in [6.07, 6.45) is 2.82. The molecule has 84 valence electrons. The van der Waals surface area contributed by atoms with Gasteiger partial charge in [0.05, 0.1) is 10.7 Å². The minimum atomic E-state index is 0.796. The van der Waals surface area contributed by atoms with Crippen LogP contribution in [-0.4, -0.2) is 16.5 Å². The fraction of sp³-hybridized carbons (Fsp3) is 0.273. The lowest BCUT2D eigenvalue weighted by Gasteiger charge is -2.03. The molecule has 0 unspecified atom stereocenters. The van der Waals surface area contributed by atoms with E-state index in [4.69, 9.17) is 0 Å². The molecule has 16 heavy (non-hydrogen) atoms. The molecule has 2 heterocycles. The lowest BCUT2D eigenvalue weighted by atomic mass is 10.3. The fourth-order valence-corrected chi connectivity index (χ4v) is 2.34. The van der Waals surface area contributed by atoms with Crippen LogP contribution in [0.3, 0.4) is 0 Å². The summed E-state index contributed by atoms with van der Waals surface area (Å²) in [5, 5.41) is 6.53. The number of thiazole rings is 1. The molecule has 1 N–H and O–H groups in total. The Kier molecular flexibility index (Phi) is 4.44. The summed E-state index contributed by atoms with van der Waals surface area (Å²) in [4.78, 5) is 8.58. The molecule has 0 aliphatic heterocycles. The number of aromatic nitrogens is 2. The summed E-state index contributed by atoms with van der Waals surface area (Å²) in [5.41, 5.74) is 1.05. The minimum Gasteiger partial charge on any atom is -0.311 e. The van der Waals surface area contributed by atoms with Gasteiger partial charge in [0.25, 0.3) is 0 Å². The molecule has 5 heteroatoms. The quantitative estimate of drug-likeness (QED) is 0.681. The number of nitrogens with one attached hydrogen (secondary N) is 1. The van der Waals surface area contributed by atoms with Crippen molar-refractivity contribution in [3.63, 3.8) is 0 Å². The van der Waals surface area contributed by atoms with Crippen molar-refractivity contribution in [3.05, 3.63) is 45.1 Å². The van der Waals surface area contributed by atoms with E-state index in [9.17, 15) is 0 Å². The van der Waals surface area contributed by atoms with Gasteiger partial charge >= 0.3 is 0 Å². The predicted molar refractivity (Wildman–Crippen MR) is 69.5 cm³/mol. The number of rotatable bonds is 5. The molecule has 0 bridgehead atoms. The third kappa shape index (κ3) is 3.66. The average molecular weight is 298 g/mol. The Morgan fingerprint density at radius 2 is 2.31 bits per heavy atom. The van der Waals surface area contributed by atoms with E-state index in [2.05, 4.69) is 31.2 Å². The summed E-state index contributed by atoms with van der Waals surface area (Å²) in [5.74, 6) is 0. The van der Waals surface area contributed by atoms with Gasteiger partial charge in [-0.05, 0) is 28.1 Å². The van der Waals surface area contributed by atoms with Crippen LogP contribution in [-0.2, 0) is 13.0 Å². The molecule has 0 atom stereocenters. The molecule has 0 aliphatic carbocycles. The van der Waals surface area contributed by atoms with Crippen molar-refractivity contribution in [2.24, 2.45) is 0 Å². The highest BCUT2D eigenvalue weighted by molar-refractivity contribution is 9.10. The number of nitrogens with zero attached hydrogens (tertiary/aromatic N) is 2. The van der Waals surface area contributed by atoms with E-state index in [0.29, 0.717) is 0 Å². The van der Waals surface area contributed by atoms with Gasteiger partial charge in [0.2, 0.25) is 0 Å². The van der Waals surface area contributed by atoms with Crippen LogP contribution in [0.15, 0.2) is 34.4 Å². The van der Waals surface area contributed by atoms with Gasteiger partial charge in [-0.25, -0.2) is 9.97 Å². The molecular weight excluding hydrogens is 286 g/mol. The van der Waals surface area contributed by atoms with Gasteiger partial charge in [0, 0.05) is 31.1 Å². The van der Waals surface area contributed by atoms with Crippen molar-refractivity contribution in [1.29, 1.82) is 0 Å². The van der Waals surface area contributed by atoms with E-state index >= 15 is 0 Å². The predicted octanol–water partition coefficient (Wildman–Crippen LogP) is 2.63. The Morgan fingerprint density at radius 1 is 1.38 bits per heavy atom. The van der Waals surface area contributed by atoms with Crippen LogP contribution in [0.2, 0.25) is 0 Å². The number of pyridine rings is 1. The van der Waals surface area contributed by atoms with Crippen molar-refractivity contribution in [1.82, 2.24) is 15.3 Å². The van der Waals surface area contributed by atoms with Crippen LogP contribution >= 0.6 is 27.3 Å². The van der Waals surface area contributed by atoms with Gasteiger partial charge in [-0.2, -0.15) is 0 Å². The van der Waals surface area contributed by atoms with Gasteiger partial charge in [-0.1, -0.05) is 6.07 Å². The Bertz CT molecular complexity index is 431. The first-order chi connectivity index (χ1) is 7.84. The maximum absolute atomic E-state index is 4.35. The average Bonchev–Trinajstić information content (AvgIpc) is 2.77. The second kappa shape index (κ2) is 6.08. The summed E-state index contributed by atoms with van der Waals surface area (Å²) < 4.78 is 0.881. The standard InChI is InChI=1S/C11H12BrN3S/c12-10-3-1-2-9(15-10)8-13-5-4-11-14-6-7-16-11/h1-3,6-7,13H,4-5,8H2. The molecule has 0 amide bonds. The Morgan fingerprint density at radius 3 is 3.06 bits per heavy atom. The minimum absolute atomic E-state index is 0.796. The van der Waals surface area contributed by atoms with E-state index in [0.717, 1.165) is 29.8 Å². The highest BCUT2D eigenvalue weighted by Gasteiger charge is 1.97. The topological polar surface area (TPSA) is 37.8 Å². The SMILES string of the molecule is Brc1cccc(CNCCc2nccs2)n1. The highest BCUT2D eigenvalue weighted by atomic mass is 79.9. The lowest BCUT2D eigenvalue weighted by Crippen LogP contribution is -2.17. The first-order valence-electron chi connectivity index (χ1n) is 5.05.